The summed E-state index contributed by atoms with van der Waals surface area (Å²) in [6, 6.07) is 17.1. The van der Waals surface area contributed by atoms with Gasteiger partial charge in [-0.15, -0.1) is 11.3 Å². The van der Waals surface area contributed by atoms with E-state index in [0.717, 1.165) is 4.48 Å². The summed E-state index contributed by atoms with van der Waals surface area (Å²) in [6.07, 6.45) is 0. The highest BCUT2D eigenvalue weighted by atomic mass is 32.1. The van der Waals surface area contributed by atoms with Crippen molar-refractivity contribution in [1.82, 2.24) is 0 Å². The van der Waals surface area contributed by atoms with Crippen molar-refractivity contribution in [1.29, 1.82) is 0 Å². The number of hydrogen-bond acceptors (Lipinski definition) is 1. The predicted molar refractivity (Wildman–Crippen MR) is 92.5 cm³/mol. The molecule has 0 saturated carbocycles. The van der Waals surface area contributed by atoms with Crippen molar-refractivity contribution in [2.24, 2.45) is 0 Å². The molecule has 1 aromatic heterocycles. The number of thiophene rings is 1. The van der Waals surface area contributed by atoms with Crippen molar-refractivity contribution in [3.05, 3.63) is 48.5 Å². The number of quaternary nitrogens is 1. The topological polar surface area (TPSA) is 0 Å². The van der Waals surface area contributed by atoms with Crippen LogP contribution in [0.25, 0.3) is 20.2 Å². The lowest BCUT2D eigenvalue weighted by molar-refractivity contribution is -0.886. The van der Waals surface area contributed by atoms with Crippen LogP contribution in [0.15, 0.2) is 48.5 Å². The van der Waals surface area contributed by atoms with Gasteiger partial charge in [0.1, 0.15) is 0 Å². The summed E-state index contributed by atoms with van der Waals surface area (Å²) in [5.74, 6) is 0. The zero-order valence-electron chi connectivity index (χ0n) is 12.9. The van der Waals surface area contributed by atoms with E-state index < -0.39 is 0 Å². The lowest BCUT2D eigenvalue weighted by Crippen LogP contribution is -2.38. The minimum Gasteiger partial charge on any atom is -0.329 e. The molecule has 0 saturated heterocycles. The fraction of sp³-hybridized carbons (Fsp3) is 0.333. The molecule has 0 radical (unpaired) electrons. The molecular formula is C18H24NS+. The molecule has 3 rings (SSSR count). The molecule has 2 heteroatoms. The molecule has 106 valence electrons. The normalized spacial score (nSPS) is 11.4. The van der Waals surface area contributed by atoms with Gasteiger partial charge in [0.15, 0.2) is 0 Å². The van der Waals surface area contributed by atoms with Gasteiger partial charge in [0, 0.05) is 20.2 Å². The lowest BCUT2D eigenvalue weighted by Gasteiger charge is -2.25. The third-order valence-corrected chi connectivity index (χ3v) is 5.15. The van der Waals surface area contributed by atoms with Crippen LogP contribution < -0.4 is 0 Å². The lowest BCUT2D eigenvalue weighted by atomic mass is 10.2. The van der Waals surface area contributed by atoms with Gasteiger partial charge in [-0.25, -0.2) is 0 Å². The first kappa shape index (κ1) is 15.0. The number of nitrogens with zero attached hydrogens (tertiary/aromatic N) is 1. The zero-order chi connectivity index (χ0) is 14.6. The Balaban J connectivity index is 0.000000182. The molecule has 0 bridgehead atoms. The van der Waals surface area contributed by atoms with Gasteiger partial charge in [-0.1, -0.05) is 36.4 Å². The van der Waals surface area contributed by atoms with Crippen LogP contribution in [0.3, 0.4) is 0 Å². The third-order valence-electron chi connectivity index (χ3n) is 4.00. The fourth-order valence-corrected chi connectivity index (χ4v) is 3.00. The van der Waals surface area contributed by atoms with E-state index in [1.54, 1.807) is 0 Å². The number of rotatable bonds is 2. The van der Waals surface area contributed by atoms with Crippen molar-refractivity contribution in [3.63, 3.8) is 0 Å². The van der Waals surface area contributed by atoms with Crippen LogP contribution in [0.5, 0.6) is 0 Å². The highest BCUT2D eigenvalue weighted by molar-refractivity contribution is 7.25. The molecule has 1 nitrogen and oxygen atoms in total. The second-order valence-electron chi connectivity index (χ2n) is 5.66. The summed E-state index contributed by atoms with van der Waals surface area (Å²) in [6.45, 7) is 6.89. The predicted octanol–water partition coefficient (Wildman–Crippen LogP) is 5.16. The Hall–Kier alpha value is -1.38. The molecule has 1 heterocycles. The van der Waals surface area contributed by atoms with Crippen molar-refractivity contribution >= 4 is 31.5 Å². The summed E-state index contributed by atoms with van der Waals surface area (Å²) in [4.78, 5) is 0. The van der Waals surface area contributed by atoms with Crippen molar-refractivity contribution in [2.75, 3.05) is 27.2 Å². The SMILES string of the molecule is CC[N+](C)(C)CC.c1ccc2c(c1)sc1ccccc12. The standard InChI is InChI=1S/C12H8S.C6H16N/c1-3-7-11-9(5-1)10-6-2-4-8-12(10)13-11;1-5-7(3,4)6-2/h1-8H;5-6H2,1-4H3/q;+1. The van der Waals surface area contributed by atoms with E-state index >= 15 is 0 Å². The molecule has 0 fully saturated rings. The molecule has 0 amide bonds. The quantitative estimate of drug-likeness (QED) is 0.571. The van der Waals surface area contributed by atoms with Gasteiger partial charge in [0.05, 0.1) is 27.2 Å². The number of benzene rings is 2. The van der Waals surface area contributed by atoms with E-state index in [-0.39, 0.29) is 0 Å². The highest BCUT2D eigenvalue weighted by Gasteiger charge is 2.04. The average Bonchev–Trinajstić information content (AvgIpc) is 2.86. The summed E-state index contributed by atoms with van der Waals surface area (Å²) >= 11 is 1.86. The molecule has 0 aliphatic rings. The Morgan fingerprint density at radius 3 is 1.50 bits per heavy atom. The van der Waals surface area contributed by atoms with E-state index in [0.29, 0.717) is 0 Å². The Labute approximate surface area is 126 Å². The third kappa shape index (κ3) is 3.38. The molecule has 3 aromatic rings. The monoisotopic (exact) mass is 286 g/mol. The summed E-state index contributed by atoms with van der Waals surface area (Å²) in [7, 11) is 4.47. The van der Waals surface area contributed by atoms with E-state index in [4.69, 9.17) is 0 Å². The van der Waals surface area contributed by atoms with Crippen molar-refractivity contribution in [2.45, 2.75) is 13.8 Å². The van der Waals surface area contributed by atoms with E-state index in [2.05, 4.69) is 76.5 Å². The van der Waals surface area contributed by atoms with Crippen molar-refractivity contribution < 1.29 is 4.48 Å². The largest absolute Gasteiger partial charge is 0.329 e. The maximum absolute atomic E-state index is 2.24. The Morgan fingerprint density at radius 1 is 0.750 bits per heavy atom. The molecule has 0 aliphatic heterocycles. The Bertz CT molecular complexity index is 626. The highest BCUT2D eigenvalue weighted by Crippen LogP contribution is 2.32. The van der Waals surface area contributed by atoms with E-state index in [9.17, 15) is 0 Å². The van der Waals surface area contributed by atoms with Gasteiger partial charge in [-0.05, 0) is 26.0 Å². The van der Waals surface area contributed by atoms with Crippen LogP contribution in [-0.2, 0) is 0 Å². The van der Waals surface area contributed by atoms with Gasteiger partial charge in [-0.2, -0.15) is 0 Å². The second-order valence-corrected chi connectivity index (χ2v) is 6.75. The first-order valence-corrected chi connectivity index (χ1v) is 8.07. The maximum atomic E-state index is 2.24. The van der Waals surface area contributed by atoms with Gasteiger partial charge < -0.3 is 4.48 Å². The molecule has 0 N–H and O–H groups in total. The summed E-state index contributed by atoms with van der Waals surface area (Å²) < 4.78 is 3.90. The minimum atomic E-state index is 1.14. The molecule has 0 aliphatic carbocycles. The summed E-state index contributed by atoms with van der Waals surface area (Å²) in [5, 5.41) is 2.76. The van der Waals surface area contributed by atoms with Crippen LogP contribution >= 0.6 is 11.3 Å². The minimum absolute atomic E-state index is 1.14. The molecular weight excluding hydrogens is 262 g/mol. The van der Waals surface area contributed by atoms with Crippen molar-refractivity contribution in [3.8, 4) is 0 Å². The van der Waals surface area contributed by atoms with Crippen LogP contribution in [0, 0.1) is 0 Å². The van der Waals surface area contributed by atoms with E-state index in [1.807, 2.05) is 11.3 Å². The zero-order valence-corrected chi connectivity index (χ0v) is 13.7. The first-order chi connectivity index (χ1) is 9.57. The molecule has 0 atom stereocenters. The number of fused-ring (bicyclic) bond motifs is 3. The second kappa shape index (κ2) is 6.38. The van der Waals surface area contributed by atoms with Gasteiger partial charge in [0.2, 0.25) is 0 Å². The average molecular weight is 286 g/mol. The fourth-order valence-electron chi connectivity index (χ4n) is 1.90. The first-order valence-electron chi connectivity index (χ1n) is 7.25. The number of hydrogen-bond donors (Lipinski definition) is 0. The molecule has 0 unspecified atom stereocenters. The van der Waals surface area contributed by atoms with Gasteiger partial charge >= 0.3 is 0 Å². The van der Waals surface area contributed by atoms with E-state index in [1.165, 1.54) is 33.3 Å². The van der Waals surface area contributed by atoms with Gasteiger partial charge in [-0.3, -0.25) is 0 Å². The smallest absolute Gasteiger partial charge is 0.0753 e. The Kier molecular flexibility index (Phi) is 4.79. The molecule has 0 spiro atoms. The van der Waals surface area contributed by atoms with Crippen LogP contribution in [0.2, 0.25) is 0 Å². The molecule has 2 aromatic carbocycles. The summed E-state index contributed by atoms with van der Waals surface area (Å²) in [5.41, 5.74) is 0. The molecule has 20 heavy (non-hydrogen) atoms. The maximum Gasteiger partial charge on any atom is 0.0753 e. The van der Waals surface area contributed by atoms with Gasteiger partial charge in [0.25, 0.3) is 0 Å². The van der Waals surface area contributed by atoms with Crippen LogP contribution in [-0.4, -0.2) is 31.7 Å². The van der Waals surface area contributed by atoms with Crippen LogP contribution in [0.4, 0.5) is 0 Å². The Morgan fingerprint density at radius 2 is 1.15 bits per heavy atom. The van der Waals surface area contributed by atoms with Crippen LogP contribution in [0.1, 0.15) is 13.8 Å².